The van der Waals surface area contributed by atoms with Gasteiger partial charge < -0.3 is 16.2 Å². The van der Waals surface area contributed by atoms with Gasteiger partial charge >= 0.3 is 0 Å². The summed E-state index contributed by atoms with van der Waals surface area (Å²) in [6, 6.07) is 0.338. The molecule has 0 aromatic heterocycles. The Balaban J connectivity index is 2.90. The van der Waals surface area contributed by atoms with E-state index < -0.39 is 0 Å². The first-order valence-electron chi connectivity index (χ1n) is 4.42. The second kappa shape index (κ2) is 9.32. The van der Waals surface area contributed by atoms with Crippen LogP contribution in [0.2, 0.25) is 0 Å². The van der Waals surface area contributed by atoms with Gasteiger partial charge in [0.2, 0.25) is 0 Å². The fraction of sp³-hybridized carbons (Fsp3) is 1.00. The maximum absolute atomic E-state index is 5.73. The first kappa shape index (κ1) is 12.2. The van der Waals surface area contributed by atoms with Gasteiger partial charge in [0.15, 0.2) is 0 Å². The Morgan fingerprint density at radius 2 is 2.17 bits per heavy atom. The zero-order chi connectivity index (χ0) is 9.23. The Labute approximate surface area is 79.2 Å². The number of rotatable bonds is 8. The molecule has 0 bridgehead atoms. The third-order valence-corrected chi connectivity index (χ3v) is 2.61. The van der Waals surface area contributed by atoms with Crippen LogP contribution in [0.25, 0.3) is 0 Å². The molecule has 74 valence electrons. The van der Waals surface area contributed by atoms with E-state index in [0.29, 0.717) is 19.2 Å². The van der Waals surface area contributed by atoms with Crippen LogP contribution in [0.5, 0.6) is 0 Å². The minimum Gasteiger partial charge on any atom is -0.379 e. The number of hydrogen-bond donors (Lipinski definition) is 2. The smallest absolute Gasteiger partial charge is 0.0589 e. The lowest BCUT2D eigenvalue weighted by Crippen LogP contribution is -2.21. The number of hydrogen-bond acceptors (Lipinski definition) is 4. The van der Waals surface area contributed by atoms with Gasteiger partial charge in [-0.1, -0.05) is 6.92 Å². The van der Waals surface area contributed by atoms with E-state index in [1.165, 1.54) is 0 Å². The minimum atomic E-state index is 0.338. The maximum Gasteiger partial charge on any atom is 0.0589 e. The van der Waals surface area contributed by atoms with Crippen LogP contribution >= 0.6 is 11.8 Å². The highest BCUT2D eigenvalue weighted by Crippen LogP contribution is 2.02. The molecule has 0 aromatic carbocycles. The third kappa shape index (κ3) is 8.33. The summed E-state index contributed by atoms with van der Waals surface area (Å²) in [5.41, 5.74) is 11.0. The fourth-order valence-electron chi connectivity index (χ4n) is 0.656. The Morgan fingerprint density at radius 1 is 1.42 bits per heavy atom. The highest BCUT2D eigenvalue weighted by molar-refractivity contribution is 7.99. The van der Waals surface area contributed by atoms with E-state index in [0.717, 1.165) is 24.5 Å². The Morgan fingerprint density at radius 3 is 2.75 bits per heavy atom. The van der Waals surface area contributed by atoms with E-state index >= 15 is 0 Å². The Kier molecular flexibility index (Phi) is 9.50. The van der Waals surface area contributed by atoms with Crippen LogP contribution in [0.15, 0.2) is 0 Å². The molecule has 0 saturated heterocycles. The van der Waals surface area contributed by atoms with Gasteiger partial charge in [-0.25, -0.2) is 0 Å². The van der Waals surface area contributed by atoms with Crippen molar-refractivity contribution < 1.29 is 4.74 Å². The minimum absolute atomic E-state index is 0.338. The van der Waals surface area contributed by atoms with E-state index in [-0.39, 0.29) is 0 Å². The molecule has 0 aliphatic rings. The average Bonchev–Trinajstić information content (AvgIpc) is 2.10. The molecular weight excluding hydrogens is 172 g/mol. The molecule has 0 heterocycles. The molecular formula is C8H20N2OS. The SMILES string of the molecule is CCC(N)CSCCOCCN. The van der Waals surface area contributed by atoms with Crippen molar-refractivity contribution in [3.8, 4) is 0 Å². The van der Waals surface area contributed by atoms with Gasteiger partial charge in [0.05, 0.1) is 13.2 Å². The van der Waals surface area contributed by atoms with Gasteiger partial charge in [0.1, 0.15) is 0 Å². The summed E-state index contributed by atoms with van der Waals surface area (Å²) in [4.78, 5) is 0. The normalized spacial score (nSPS) is 13.2. The highest BCUT2D eigenvalue weighted by atomic mass is 32.2. The van der Waals surface area contributed by atoms with Gasteiger partial charge in [-0.05, 0) is 6.42 Å². The van der Waals surface area contributed by atoms with Crippen molar-refractivity contribution in [3.05, 3.63) is 0 Å². The van der Waals surface area contributed by atoms with Gasteiger partial charge in [0.25, 0.3) is 0 Å². The van der Waals surface area contributed by atoms with Crippen molar-refractivity contribution in [2.75, 3.05) is 31.3 Å². The maximum atomic E-state index is 5.73. The molecule has 0 fully saturated rings. The molecule has 4 heteroatoms. The molecule has 4 N–H and O–H groups in total. The van der Waals surface area contributed by atoms with Gasteiger partial charge in [-0.3, -0.25) is 0 Å². The zero-order valence-corrected chi connectivity index (χ0v) is 8.61. The summed E-state index contributed by atoms with van der Waals surface area (Å²) in [6.45, 7) is 4.17. The molecule has 0 aromatic rings. The topological polar surface area (TPSA) is 61.3 Å². The summed E-state index contributed by atoms with van der Waals surface area (Å²) in [5, 5.41) is 0. The van der Waals surface area contributed by atoms with Crippen LogP contribution in [0.4, 0.5) is 0 Å². The lowest BCUT2D eigenvalue weighted by Gasteiger charge is -2.07. The molecule has 0 radical (unpaired) electrons. The molecule has 0 spiro atoms. The van der Waals surface area contributed by atoms with Crippen LogP contribution in [-0.2, 0) is 4.74 Å². The molecule has 1 atom stereocenters. The number of nitrogens with two attached hydrogens (primary N) is 2. The first-order chi connectivity index (χ1) is 5.81. The van der Waals surface area contributed by atoms with Gasteiger partial charge in [-0.2, -0.15) is 11.8 Å². The van der Waals surface area contributed by atoms with Crippen molar-refractivity contribution in [1.29, 1.82) is 0 Å². The molecule has 3 nitrogen and oxygen atoms in total. The monoisotopic (exact) mass is 192 g/mol. The summed E-state index contributed by atoms with van der Waals surface area (Å²) in [6.07, 6.45) is 1.05. The van der Waals surface area contributed by atoms with Crippen molar-refractivity contribution in [2.45, 2.75) is 19.4 Å². The second-order valence-electron chi connectivity index (χ2n) is 2.64. The standard InChI is InChI=1S/C8H20N2OS/c1-2-8(10)7-12-6-5-11-4-3-9/h8H,2-7,9-10H2,1H3. The molecule has 1 unspecified atom stereocenters. The van der Waals surface area contributed by atoms with E-state index in [1.54, 1.807) is 0 Å². The number of ether oxygens (including phenoxy) is 1. The Bertz CT molecular complexity index is 93.1. The van der Waals surface area contributed by atoms with Crippen molar-refractivity contribution in [2.24, 2.45) is 11.5 Å². The van der Waals surface area contributed by atoms with Crippen LogP contribution in [0, 0.1) is 0 Å². The van der Waals surface area contributed by atoms with Crippen molar-refractivity contribution in [1.82, 2.24) is 0 Å². The first-order valence-corrected chi connectivity index (χ1v) is 5.57. The lowest BCUT2D eigenvalue weighted by atomic mass is 10.3. The van der Waals surface area contributed by atoms with Crippen LogP contribution in [-0.4, -0.2) is 37.3 Å². The van der Waals surface area contributed by atoms with E-state index in [4.69, 9.17) is 16.2 Å². The summed E-state index contributed by atoms with van der Waals surface area (Å²) in [7, 11) is 0. The van der Waals surface area contributed by atoms with Crippen molar-refractivity contribution >= 4 is 11.8 Å². The molecule has 0 aliphatic heterocycles. The lowest BCUT2D eigenvalue weighted by molar-refractivity contribution is 0.158. The van der Waals surface area contributed by atoms with Gasteiger partial charge in [0, 0.05) is 24.1 Å². The summed E-state index contributed by atoms with van der Waals surface area (Å²) >= 11 is 1.85. The molecule has 12 heavy (non-hydrogen) atoms. The zero-order valence-electron chi connectivity index (χ0n) is 7.79. The summed E-state index contributed by atoms with van der Waals surface area (Å²) < 4.78 is 5.21. The third-order valence-electron chi connectivity index (χ3n) is 1.49. The van der Waals surface area contributed by atoms with Crippen molar-refractivity contribution in [3.63, 3.8) is 0 Å². The number of thioether (sulfide) groups is 1. The molecule has 0 rings (SSSR count). The molecule has 0 saturated carbocycles. The largest absolute Gasteiger partial charge is 0.379 e. The van der Waals surface area contributed by atoms with E-state index in [2.05, 4.69) is 6.92 Å². The predicted octanol–water partition coefficient (Wildman–Crippen LogP) is 0.432. The predicted molar refractivity (Wildman–Crippen MR) is 55.5 cm³/mol. The van der Waals surface area contributed by atoms with Gasteiger partial charge in [-0.15, -0.1) is 0 Å². The summed E-state index contributed by atoms with van der Waals surface area (Å²) in [5.74, 6) is 2.05. The highest BCUT2D eigenvalue weighted by Gasteiger charge is 1.97. The molecule has 0 amide bonds. The Hall–Kier alpha value is 0.230. The van der Waals surface area contributed by atoms with Crippen LogP contribution in [0.3, 0.4) is 0 Å². The average molecular weight is 192 g/mol. The van der Waals surface area contributed by atoms with Crippen LogP contribution in [0.1, 0.15) is 13.3 Å². The molecule has 0 aliphatic carbocycles. The quantitative estimate of drug-likeness (QED) is 0.548. The van der Waals surface area contributed by atoms with Crippen LogP contribution < -0.4 is 11.5 Å². The second-order valence-corrected chi connectivity index (χ2v) is 3.79. The fourth-order valence-corrected chi connectivity index (χ4v) is 1.60. The van der Waals surface area contributed by atoms with E-state index in [1.807, 2.05) is 11.8 Å². The van der Waals surface area contributed by atoms with E-state index in [9.17, 15) is 0 Å².